The minimum atomic E-state index is -0.746. The Labute approximate surface area is 94.7 Å². The molecule has 0 aromatic heterocycles. The van der Waals surface area contributed by atoms with Gasteiger partial charge in [-0.2, -0.15) is 5.26 Å². The number of para-hydroxylation sites is 1. The van der Waals surface area contributed by atoms with Crippen LogP contribution in [0.1, 0.15) is 32.3 Å². The second-order valence-electron chi connectivity index (χ2n) is 3.68. The first kappa shape index (κ1) is 12.2. The van der Waals surface area contributed by atoms with Crippen LogP contribution in [0.4, 0.5) is 5.69 Å². The van der Waals surface area contributed by atoms with Crippen LogP contribution < -0.4 is 0 Å². The molecule has 84 valence electrons. The quantitative estimate of drug-likeness (QED) is 0.575. The van der Waals surface area contributed by atoms with Gasteiger partial charge >= 0.3 is 0 Å². The standard InChI is InChI=1S/C12H14N2O2/c1-3-12(4-2,9-13)10-7-5-6-8-11(10)14(15)16/h5-8H,3-4H2,1-2H3. The molecule has 0 fully saturated rings. The average molecular weight is 218 g/mol. The van der Waals surface area contributed by atoms with Gasteiger partial charge in [-0.05, 0) is 12.8 Å². The van der Waals surface area contributed by atoms with Gasteiger partial charge in [0.1, 0.15) is 0 Å². The lowest BCUT2D eigenvalue weighted by Gasteiger charge is -2.23. The Balaban J connectivity index is 3.42. The van der Waals surface area contributed by atoms with E-state index < -0.39 is 10.3 Å². The number of nitrogens with zero attached hydrogens (tertiary/aromatic N) is 2. The molecule has 1 aromatic carbocycles. The van der Waals surface area contributed by atoms with Crippen molar-refractivity contribution < 1.29 is 4.92 Å². The molecule has 16 heavy (non-hydrogen) atoms. The molecule has 0 amide bonds. The second kappa shape index (κ2) is 4.75. The molecule has 0 aliphatic heterocycles. The number of hydrogen-bond acceptors (Lipinski definition) is 3. The van der Waals surface area contributed by atoms with Gasteiger partial charge in [-0.15, -0.1) is 0 Å². The van der Waals surface area contributed by atoms with E-state index in [2.05, 4.69) is 6.07 Å². The summed E-state index contributed by atoms with van der Waals surface area (Å²) in [5, 5.41) is 20.2. The van der Waals surface area contributed by atoms with E-state index in [9.17, 15) is 15.4 Å². The van der Waals surface area contributed by atoms with Crippen LogP contribution in [-0.4, -0.2) is 4.92 Å². The molecule has 0 atom stereocenters. The van der Waals surface area contributed by atoms with E-state index in [0.29, 0.717) is 18.4 Å². The van der Waals surface area contributed by atoms with E-state index >= 15 is 0 Å². The van der Waals surface area contributed by atoms with Crippen LogP contribution in [0.5, 0.6) is 0 Å². The summed E-state index contributed by atoms with van der Waals surface area (Å²) in [6.45, 7) is 3.76. The van der Waals surface area contributed by atoms with Crippen molar-refractivity contribution in [1.82, 2.24) is 0 Å². The first-order valence-corrected chi connectivity index (χ1v) is 5.26. The van der Waals surface area contributed by atoms with Gasteiger partial charge < -0.3 is 0 Å². The summed E-state index contributed by atoms with van der Waals surface area (Å²) in [5.41, 5.74) is -0.191. The topological polar surface area (TPSA) is 66.9 Å². The lowest BCUT2D eigenvalue weighted by Crippen LogP contribution is -2.23. The monoisotopic (exact) mass is 218 g/mol. The maximum atomic E-state index is 10.9. The SMILES string of the molecule is CCC(C#N)(CC)c1ccccc1[N+](=O)[O-]. The Morgan fingerprint density at radius 2 is 1.94 bits per heavy atom. The highest BCUT2D eigenvalue weighted by atomic mass is 16.6. The Kier molecular flexibility index (Phi) is 3.62. The fourth-order valence-electron chi connectivity index (χ4n) is 1.89. The van der Waals surface area contributed by atoms with Crippen LogP contribution in [-0.2, 0) is 5.41 Å². The number of nitro groups is 1. The lowest BCUT2D eigenvalue weighted by molar-refractivity contribution is -0.386. The van der Waals surface area contributed by atoms with Crippen LogP contribution in [0, 0.1) is 21.4 Å². The summed E-state index contributed by atoms with van der Waals surface area (Å²) in [7, 11) is 0. The molecule has 0 heterocycles. The van der Waals surface area contributed by atoms with E-state index in [0.717, 1.165) is 0 Å². The van der Waals surface area contributed by atoms with Gasteiger partial charge in [0.25, 0.3) is 5.69 Å². The third kappa shape index (κ3) is 1.89. The molecule has 0 radical (unpaired) electrons. The van der Waals surface area contributed by atoms with E-state index in [1.807, 2.05) is 13.8 Å². The Bertz CT molecular complexity index is 431. The summed E-state index contributed by atoms with van der Waals surface area (Å²) in [6, 6.07) is 8.70. The average Bonchev–Trinajstić information content (AvgIpc) is 2.32. The van der Waals surface area contributed by atoms with E-state index in [1.54, 1.807) is 18.2 Å². The van der Waals surface area contributed by atoms with Gasteiger partial charge in [0.2, 0.25) is 0 Å². The summed E-state index contributed by atoms with van der Waals surface area (Å²) < 4.78 is 0. The fraction of sp³-hybridized carbons (Fsp3) is 0.417. The van der Waals surface area contributed by atoms with Crippen LogP contribution in [0.2, 0.25) is 0 Å². The highest BCUT2D eigenvalue weighted by Gasteiger charge is 2.34. The highest BCUT2D eigenvalue weighted by molar-refractivity contribution is 5.48. The zero-order valence-electron chi connectivity index (χ0n) is 9.43. The Hall–Kier alpha value is -1.89. The van der Waals surface area contributed by atoms with Gasteiger partial charge in [-0.25, -0.2) is 0 Å². The van der Waals surface area contributed by atoms with Crippen molar-refractivity contribution in [3.05, 3.63) is 39.9 Å². The molecule has 4 heteroatoms. The number of rotatable bonds is 4. The van der Waals surface area contributed by atoms with E-state index in [1.165, 1.54) is 6.07 Å². The number of nitriles is 1. The molecular weight excluding hydrogens is 204 g/mol. The minimum absolute atomic E-state index is 0.0350. The molecule has 0 aliphatic rings. The van der Waals surface area contributed by atoms with Gasteiger partial charge in [0.05, 0.1) is 22.0 Å². The van der Waals surface area contributed by atoms with E-state index in [-0.39, 0.29) is 5.69 Å². The summed E-state index contributed by atoms with van der Waals surface area (Å²) in [6.07, 6.45) is 1.15. The molecule has 1 rings (SSSR count). The lowest BCUT2D eigenvalue weighted by atomic mass is 9.76. The van der Waals surface area contributed by atoms with Crippen molar-refractivity contribution in [3.63, 3.8) is 0 Å². The van der Waals surface area contributed by atoms with Crippen molar-refractivity contribution in [2.45, 2.75) is 32.1 Å². The van der Waals surface area contributed by atoms with Gasteiger partial charge in [0.15, 0.2) is 0 Å². The van der Waals surface area contributed by atoms with Gasteiger partial charge in [-0.1, -0.05) is 32.0 Å². The Morgan fingerprint density at radius 3 is 2.38 bits per heavy atom. The second-order valence-corrected chi connectivity index (χ2v) is 3.68. The first-order chi connectivity index (χ1) is 7.61. The van der Waals surface area contributed by atoms with Crippen molar-refractivity contribution in [3.8, 4) is 6.07 Å². The molecule has 0 unspecified atom stereocenters. The molecule has 0 spiro atoms. The molecule has 1 aromatic rings. The number of benzene rings is 1. The molecule has 0 bridgehead atoms. The Morgan fingerprint density at radius 1 is 1.38 bits per heavy atom. The summed E-state index contributed by atoms with van der Waals surface area (Å²) in [5.74, 6) is 0. The first-order valence-electron chi connectivity index (χ1n) is 5.26. The zero-order chi connectivity index (χ0) is 12.2. The van der Waals surface area contributed by atoms with Crippen LogP contribution in [0.3, 0.4) is 0 Å². The fourth-order valence-corrected chi connectivity index (χ4v) is 1.89. The third-order valence-corrected chi connectivity index (χ3v) is 3.04. The van der Waals surface area contributed by atoms with Gasteiger partial charge in [0, 0.05) is 6.07 Å². The van der Waals surface area contributed by atoms with Crippen LogP contribution in [0.15, 0.2) is 24.3 Å². The third-order valence-electron chi connectivity index (χ3n) is 3.04. The van der Waals surface area contributed by atoms with Crippen molar-refractivity contribution in [1.29, 1.82) is 5.26 Å². The number of hydrogen-bond donors (Lipinski definition) is 0. The minimum Gasteiger partial charge on any atom is -0.258 e. The largest absolute Gasteiger partial charge is 0.274 e. The van der Waals surface area contributed by atoms with Crippen molar-refractivity contribution in [2.24, 2.45) is 0 Å². The number of nitro benzene ring substituents is 1. The van der Waals surface area contributed by atoms with Crippen LogP contribution in [0.25, 0.3) is 0 Å². The molecular formula is C12H14N2O2. The predicted octanol–water partition coefficient (Wildman–Crippen LogP) is 3.18. The van der Waals surface area contributed by atoms with Crippen molar-refractivity contribution >= 4 is 5.69 Å². The normalized spacial score (nSPS) is 10.8. The smallest absolute Gasteiger partial charge is 0.258 e. The predicted molar refractivity (Wildman–Crippen MR) is 61.0 cm³/mol. The van der Waals surface area contributed by atoms with Crippen LogP contribution >= 0.6 is 0 Å². The molecule has 0 saturated carbocycles. The van der Waals surface area contributed by atoms with Gasteiger partial charge in [-0.3, -0.25) is 10.1 Å². The van der Waals surface area contributed by atoms with E-state index in [4.69, 9.17) is 0 Å². The zero-order valence-corrected chi connectivity index (χ0v) is 9.43. The molecule has 0 N–H and O–H groups in total. The maximum Gasteiger partial charge on any atom is 0.274 e. The molecule has 0 aliphatic carbocycles. The summed E-state index contributed by atoms with van der Waals surface area (Å²) in [4.78, 5) is 10.5. The molecule has 4 nitrogen and oxygen atoms in total. The van der Waals surface area contributed by atoms with Crippen molar-refractivity contribution in [2.75, 3.05) is 0 Å². The maximum absolute atomic E-state index is 10.9. The molecule has 0 saturated heterocycles. The summed E-state index contributed by atoms with van der Waals surface area (Å²) >= 11 is 0. The highest BCUT2D eigenvalue weighted by Crippen LogP contribution is 2.36.